The number of benzene rings is 1. The number of hydrogen-bond acceptors (Lipinski definition) is 5. The van der Waals surface area contributed by atoms with Crippen molar-refractivity contribution in [2.24, 2.45) is 11.0 Å². The summed E-state index contributed by atoms with van der Waals surface area (Å²) in [6, 6.07) is 3.71. The van der Waals surface area contributed by atoms with E-state index < -0.39 is 56.7 Å². The van der Waals surface area contributed by atoms with E-state index in [1.165, 1.54) is 12.1 Å². The van der Waals surface area contributed by atoms with Crippen molar-refractivity contribution in [1.82, 2.24) is 0 Å². The van der Waals surface area contributed by atoms with E-state index in [0.29, 0.717) is 12.5 Å². The highest BCUT2D eigenvalue weighted by molar-refractivity contribution is 7.93. The Kier molecular flexibility index (Phi) is 3.82. The number of sulfonamides is 1. The maximum Gasteiger partial charge on any atom is 0.417 e. The molecule has 12 heteroatoms. The van der Waals surface area contributed by atoms with Gasteiger partial charge >= 0.3 is 6.18 Å². The molecule has 3 fully saturated rings. The summed E-state index contributed by atoms with van der Waals surface area (Å²) in [6.07, 6.45) is -5.61. The Morgan fingerprint density at radius 3 is 2.78 bits per heavy atom. The quantitative estimate of drug-likeness (QED) is 0.431. The monoisotopic (exact) mass is 399 g/mol. The number of ether oxygens (including phenoxy) is 1. The van der Waals surface area contributed by atoms with E-state index >= 15 is 0 Å². The van der Waals surface area contributed by atoms with Crippen molar-refractivity contribution in [2.45, 2.75) is 36.1 Å². The van der Waals surface area contributed by atoms with E-state index in [-0.39, 0.29) is 12.2 Å². The van der Waals surface area contributed by atoms with Gasteiger partial charge in [-0.3, -0.25) is 4.31 Å². The maximum atomic E-state index is 13.2. The zero-order valence-corrected chi connectivity index (χ0v) is 14.4. The lowest BCUT2D eigenvalue weighted by atomic mass is 9.86. The molecule has 3 saturated heterocycles. The molecule has 3 heterocycles. The first-order valence-corrected chi connectivity index (χ1v) is 9.51. The molecule has 27 heavy (non-hydrogen) atoms. The lowest BCUT2D eigenvalue weighted by Crippen LogP contribution is -2.42. The van der Waals surface area contributed by atoms with Gasteiger partial charge in [0.15, 0.2) is 0 Å². The van der Waals surface area contributed by atoms with Crippen molar-refractivity contribution >= 4 is 15.7 Å². The summed E-state index contributed by atoms with van der Waals surface area (Å²) in [5.41, 5.74) is 6.72. The number of alkyl halides is 3. The largest absolute Gasteiger partial charge is 0.417 e. The van der Waals surface area contributed by atoms with E-state index in [1.807, 2.05) is 0 Å². The van der Waals surface area contributed by atoms with E-state index in [2.05, 4.69) is 10.0 Å². The number of rotatable bonds is 2. The van der Waals surface area contributed by atoms with E-state index in [0.717, 1.165) is 10.4 Å². The van der Waals surface area contributed by atoms with Crippen LogP contribution in [0.25, 0.3) is 10.4 Å². The summed E-state index contributed by atoms with van der Waals surface area (Å²) < 4.78 is 72.2. The number of nitrogens with zero attached hydrogens (tertiary/aromatic N) is 5. The van der Waals surface area contributed by atoms with Crippen molar-refractivity contribution in [3.05, 3.63) is 39.8 Å². The summed E-state index contributed by atoms with van der Waals surface area (Å²) in [7, 11) is -4.01. The van der Waals surface area contributed by atoms with Gasteiger partial charge in [-0.1, -0.05) is 5.11 Å². The molecule has 0 aromatic heterocycles. The molecule has 5 atom stereocenters. The molecule has 1 aromatic carbocycles. The molecular weight excluding hydrogens is 387 g/mol. The molecule has 0 spiro atoms. The minimum Gasteiger partial charge on any atom is -0.373 e. The molecular formula is C15H12F3N5O3S. The van der Waals surface area contributed by atoms with Crippen LogP contribution < -0.4 is 4.31 Å². The first-order chi connectivity index (χ1) is 12.7. The fraction of sp³-hybridized carbons (Fsp3) is 0.533. The Labute approximate surface area is 151 Å². The Morgan fingerprint density at radius 1 is 1.41 bits per heavy atom. The topological polar surface area (TPSA) is 119 Å². The smallest absolute Gasteiger partial charge is 0.373 e. The van der Waals surface area contributed by atoms with Crippen LogP contribution in [-0.4, -0.2) is 38.5 Å². The molecule has 2 bridgehead atoms. The lowest BCUT2D eigenvalue weighted by Gasteiger charge is -2.24. The van der Waals surface area contributed by atoms with Crippen LogP contribution in [0.15, 0.2) is 23.3 Å². The number of anilines is 1. The summed E-state index contributed by atoms with van der Waals surface area (Å²) >= 11 is 0. The molecule has 0 radical (unpaired) electrons. The molecule has 4 rings (SSSR count). The van der Waals surface area contributed by atoms with Crippen LogP contribution in [0.4, 0.5) is 18.9 Å². The molecule has 0 saturated carbocycles. The molecule has 3 aliphatic heterocycles. The Hall–Kier alpha value is -2.48. The molecule has 0 amide bonds. The van der Waals surface area contributed by atoms with Gasteiger partial charge in [0.1, 0.15) is 5.25 Å². The number of halogens is 3. The molecule has 0 N–H and O–H groups in total. The van der Waals surface area contributed by atoms with Crippen LogP contribution in [-0.2, 0) is 20.9 Å². The van der Waals surface area contributed by atoms with E-state index in [1.54, 1.807) is 0 Å². The summed E-state index contributed by atoms with van der Waals surface area (Å²) in [5, 5.41) is 11.5. The zero-order chi connectivity index (χ0) is 19.6. The van der Waals surface area contributed by atoms with Crippen molar-refractivity contribution in [3.63, 3.8) is 0 Å². The highest BCUT2D eigenvalue weighted by Crippen LogP contribution is 2.50. The predicted octanol–water partition coefficient (Wildman–Crippen LogP) is 2.56. The van der Waals surface area contributed by atoms with Crippen molar-refractivity contribution in [3.8, 4) is 6.07 Å². The standard InChI is InChI=1S/C15H12F3N5O3S/c16-15(17,18)10-3-8(2-1-7(10)5-19)23-6-9-12-4-11(21-22-20)13(26-12)14(9)27(23,24)25/h1-3,9,11-14H,4,6H2/t9-,11-,12+,13+,14-/m1/s1. The summed E-state index contributed by atoms with van der Waals surface area (Å²) in [5.74, 6) is -0.407. The van der Waals surface area contributed by atoms with E-state index in [4.69, 9.17) is 15.5 Å². The average molecular weight is 399 g/mol. The first kappa shape index (κ1) is 17.9. The van der Waals surface area contributed by atoms with Crippen molar-refractivity contribution in [1.29, 1.82) is 5.26 Å². The Balaban J connectivity index is 1.74. The van der Waals surface area contributed by atoms with Gasteiger partial charge in [-0.05, 0) is 30.2 Å². The second kappa shape index (κ2) is 5.76. The third-order valence-corrected chi connectivity index (χ3v) is 7.63. The maximum absolute atomic E-state index is 13.2. The van der Waals surface area contributed by atoms with Gasteiger partial charge in [0.2, 0.25) is 10.0 Å². The SMILES string of the molecule is N#Cc1ccc(N2C[C@H]3[C@H]([C@H]4O[C@H]3C[C@H]4N=[N+]=[N-])S2(=O)=O)cc1C(F)(F)F. The third kappa shape index (κ3) is 2.54. The van der Waals surface area contributed by atoms with Gasteiger partial charge in [0.25, 0.3) is 0 Å². The molecule has 1 aromatic rings. The van der Waals surface area contributed by atoms with Crippen LogP contribution in [0.1, 0.15) is 17.5 Å². The highest BCUT2D eigenvalue weighted by Gasteiger charge is 2.64. The van der Waals surface area contributed by atoms with Gasteiger partial charge in [0.05, 0.1) is 41.1 Å². The van der Waals surface area contributed by atoms with E-state index in [9.17, 15) is 21.6 Å². The normalized spacial score (nSPS) is 33.4. The van der Waals surface area contributed by atoms with Crippen molar-refractivity contribution < 1.29 is 26.3 Å². The van der Waals surface area contributed by atoms with Crippen LogP contribution in [0.5, 0.6) is 0 Å². The minimum atomic E-state index is -4.78. The molecule has 0 unspecified atom stereocenters. The average Bonchev–Trinajstić information content (AvgIpc) is 3.24. The van der Waals surface area contributed by atoms with Crippen LogP contribution >= 0.6 is 0 Å². The van der Waals surface area contributed by atoms with Gasteiger partial charge in [-0.25, -0.2) is 8.42 Å². The first-order valence-electron chi connectivity index (χ1n) is 8.01. The van der Waals surface area contributed by atoms with Gasteiger partial charge in [-0.15, -0.1) is 0 Å². The summed E-state index contributed by atoms with van der Waals surface area (Å²) in [4.78, 5) is 2.71. The van der Waals surface area contributed by atoms with Gasteiger partial charge < -0.3 is 4.74 Å². The van der Waals surface area contributed by atoms with Crippen molar-refractivity contribution in [2.75, 3.05) is 10.8 Å². The number of fused-ring (bicyclic) bond motifs is 5. The molecule has 8 nitrogen and oxygen atoms in total. The zero-order valence-electron chi connectivity index (χ0n) is 13.5. The Morgan fingerprint density at radius 2 is 2.15 bits per heavy atom. The van der Waals surface area contributed by atoms with Gasteiger partial charge in [-0.2, -0.15) is 18.4 Å². The second-order valence-electron chi connectivity index (χ2n) is 6.69. The summed E-state index contributed by atoms with van der Waals surface area (Å²) in [6.45, 7) is -0.0135. The Bertz CT molecular complexity index is 999. The minimum absolute atomic E-state index is 0.0135. The number of azide groups is 1. The molecule has 142 valence electrons. The molecule has 0 aliphatic carbocycles. The number of hydrogen-bond donors (Lipinski definition) is 0. The highest BCUT2D eigenvalue weighted by atomic mass is 32.2. The fourth-order valence-corrected chi connectivity index (χ4v) is 6.62. The van der Waals surface area contributed by atoms with Gasteiger partial charge in [0, 0.05) is 17.4 Å². The number of nitriles is 1. The van der Waals surface area contributed by atoms with Crippen LogP contribution in [0, 0.1) is 17.2 Å². The second-order valence-corrected chi connectivity index (χ2v) is 8.71. The van der Waals surface area contributed by atoms with Crippen LogP contribution in [0.3, 0.4) is 0 Å². The molecule has 3 aliphatic rings. The third-order valence-electron chi connectivity index (χ3n) is 5.35. The van der Waals surface area contributed by atoms with Crippen LogP contribution in [0.2, 0.25) is 0 Å². The lowest BCUT2D eigenvalue weighted by molar-refractivity contribution is -0.137. The fourth-order valence-electron chi connectivity index (χ4n) is 4.25. The predicted molar refractivity (Wildman–Crippen MR) is 85.9 cm³/mol.